The number of benzene rings is 1. The van der Waals surface area contributed by atoms with Crippen LogP contribution in [0.25, 0.3) is 10.6 Å². The van der Waals surface area contributed by atoms with E-state index in [4.69, 9.17) is 4.98 Å². The van der Waals surface area contributed by atoms with Crippen molar-refractivity contribution >= 4 is 34.4 Å². The summed E-state index contributed by atoms with van der Waals surface area (Å²) in [5.74, 6) is 1.86. The predicted molar refractivity (Wildman–Crippen MR) is 125 cm³/mol. The summed E-state index contributed by atoms with van der Waals surface area (Å²) < 4.78 is 2.28. The summed E-state index contributed by atoms with van der Waals surface area (Å²) in [6.45, 7) is 3.99. The Morgan fingerprint density at radius 1 is 0.967 bits per heavy atom. The Morgan fingerprint density at radius 2 is 1.83 bits per heavy atom. The average molecular weight is 454 g/mol. The molecule has 1 saturated heterocycles. The number of hydrogen-bond donors (Lipinski definition) is 0. The van der Waals surface area contributed by atoms with Gasteiger partial charge in [0.2, 0.25) is 0 Å². The zero-order valence-corrected chi connectivity index (χ0v) is 19.1. The Bertz CT molecular complexity index is 1070. The van der Waals surface area contributed by atoms with Gasteiger partial charge in [0.15, 0.2) is 5.16 Å². The second-order valence-electron chi connectivity index (χ2n) is 7.40. The summed E-state index contributed by atoms with van der Waals surface area (Å²) in [7, 11) is 0. The first-order valence-electron chi connectivity index (χ1n) is 10.1. The van der Waals surface area contributed by atoms with E-state index in [2.05, 4.69) is 72.2 Å². The van der Waals surface area contributed by atoms with Gasteiger partial charge in [-0.15, -0.1) is 21.5 Å². The van der Waals surface area contributed by atoms with Crippen LogP contribution in [0.1, 0.15) is 29.9 Å². The molecule has 0 saturated carbocycles. The summed E-state index contributed by atoms with van der Waals surface area (Å²) >= 11 is 5.14. The Hall–Kier alpha value is -2.00. The van der Waals surface area contributed by atoms with Gasteiger partial charge >= 0.3 is 0 Å². The van der Waals surface area contributed by atoms with E-state index in [1.165, 1.54) is 24.0 Å². The molecule has 1 aromatic carbocycles. The predicted octanol–water partition coefficient (Wildman–Crippen LogP) is 5.40. The summed E-state index contributed by atoms with van der Waals surface area (Å²) in [5.41, 5.74) is 3.58. The van der Waals surface area contributed by atoms with E-state index in [0.29, 0.717) is 0 Å². The van der Waals surface area contributed by atoms with Crippen molar-refractivity contribution in [2.75, 3.05) is 13.1 Å². The molecule has 0 unspecified atom stereocenters. The summed E-state index contributed by atoms with van der Waals surface area (Å²) in [4.78, 5) is 7.29. The molecule has 4 aromatic rings. The molecule has 0 atom stereocenters. The Morgan fingerprint density at radius 3 is 2.63 bits per heavy atom. The third kappa shape index (κ3) is 4.67. The minimum absolute atomic E-state index is 0.802. The van der Waals surface area contributed by atoms with Gasteiger partial charge in [0.1, 0.15) is 10.8 Å². The molecule has 1 fully saturated rings. The highest BCUT2D eigenvalue weighted by atomic mass is 32.2. The maximum absolute atomic E-state index is 4.81. The lowest BCUT2D eigenvalue weighted by molar-refractivity contribution is 0.316. The highest BCUT2D eigenvalue weighted by Gasteiger charge is 2.19. The van der Waals surface area contributed by atoms with Crippen molar-refractivity contribution in [2.24, 2.45) is 0 Å². The number of nitrogens with zero attached hydrogens (tertiary/aromatic N) is 5. The number of thioether (sulfide) groups is 1. The zero-order chi connectivity index (χ0) is 20.2. The topological polar surface area (TPSA) is 46.8 Å². The molecule has 30 heavy (non-hydrogen) atoms. The van der Waals surface area contributed by atoms with Crippen LogP contribution in [0.2, 0.25) is 0 Å². The van der Waals surface area contributed by atoms with E-state index in [-0.39, 0.29) is 0 Å². The Balaban J connectivity index is 1.33. The first kappa shape index (κ1) is 19.9. The molecule has 5 nitrogen and oxygen atoms in total. The van der Waals surface area contributed by atoms with Crippen LogP contribution in [0.4, 0.5) is 0 Å². The minimum Gasteiger partial charge on any atom is -0.300 e. The number of aromatic nitrogens is 4. The normalized spacial score (nSPS) is 14.5. The fourth-order valence-electron chi connectivity index (χ4n) is 3.64. The first-order valence-corrected chi connectivity index (χ1v) is 12.9. The molecule has 0 N–H and O–H groups in total. The highest BCUT2D eigenvalue weighted by Crippen LogP contribution is 2.29. The van der Waals surface area contributed by atoms with E-state index < -0.39 is 0 Å². The van der Waals surface area contributed by atoms with Crippen LogP contribution in [0.3, 0.4) is 0 Å². The molecule has 0 aliphatic carbocycles. The molecule has 0 amide bonds. The number of likely N-dealkylation sites (tertiary alicyclic amines) is 1. The number of thiazole rings is 1. The van der Waals surface area contributed by atoms with Crippen LogP contribution in [0.15, 0.2) is 57.7 Å². The van der Waals surface area contributed by atoms with Crippen LogP contribution in [-0.4, -0.2) is 37.7 Å². The highest BCUT2D eigenvalue weighted by molar-refractivity contribution is 7.98. The molecule has 0 spiro atoms. The van der Waals surface area contributed by atoms with Gasteiger partial charge in [-0.25, -0.2) is 4.98 Å². The van der Waals surface area contributed by atoms with Crippen molar-refractivity contribution in [3.05, 3.63) is 69.6 Å². The third-order valence-electron chi connectivity index (χ3n) is 5.21. The van der Waals surface area contributed by atoms with Crippen molar-refractivity contribution in [3.63, 3.8) is 0 Å². The number of rotatable bonds is 8. The third-order valence-corrected chi connectivity index (χ3v) is 7.83. The Kier molecular flexibility index (Phi) is 6.26. The molecule has 154 valence electrons. The quantitative estimate of drug-likeness (QED) is 0.334. The van der Waals surface area contributed by atoms with E-state index in [1.54, 1.807) is 34.4 Å². The summed E-state index contributed by atoms with van der Waals surface area (Å²) in [5, 5.41) is 17.6. The maximum atomic E-state index is 4.81. The van der Waals surface area contributed by atoms with Crippen molar-refractivity contribution < 1.29 is 0 Å². The van der Waals surface area contributed by atoms with E-state index >= 15 is 0 Å². The maximum Gasteiger partial charge on any atom is 0.191 e. The molecule has 8 heteroatoms. The molecule has 5 rings (SSSR count). The van der Waals surface area contributed by atoms with Crippen molar-refractivity contribution in [2.45, 2.75) is 36.8 Å². The average Bonchev–Trinajstić information content (AvgIpc) is 3.57. The van der Waals surface area contributed by atoms with Gasteiger partial charge < -0.3 is 4.57 Å². The van der Waals surface area contributed by atoms with Crippen LogP contribution in [-0.2, 0) is 18.8 Å². The fraction of sp³-hybridized carbons (Fsp3) is 0.318. The summed E-state index contributed by atoms with van der Waals surface area (Å²) in [6.07, 6.45) is 2.56. The second kappa shape index (κ2) is 9.43. The SMILES string of the molecule is c1ccc(Cn2c(CN3CCCC3)nnc2SCc2csc(-c3ccsc3)n2)cc1. The number of hydrogen-bond acceptors (Lipinski definition) is 7. The van der Waals surface area contributed by atoms with Gasteiger partial charge in [-0.2, -0.15) is 11.3 Å². The molecule has 4 heterocycles. The van der Waals surface area contributed by atoms with Gasteiger partial charge in [0.05, 0.1) is 18.8 Å². The van der Waals surface area contributed by atoms with Crippen molar-refractivity contribution in [1.29, 1.82) is 0 Å². The molecule has 1 aliphatic heterocycles. The molecule has 1 aliphatic rings. The van der Waals surface area contributed by atoms with Crippen LogP contribution in [0.5, 0.6) is 0 Å². The van der Waals surface area contributed by atoms with Gasteiger partial charge in [-0.1, -0.05) is 42.1 Å². The van der Waals surface area contributed by atoms with Crippen molar-refractivity contribution in [3.8, 4) is 10.6 Å². The van der Waals surface area contributed by atoms with Crippen LogP contribution in [0, 0.1) is 0 Å². The van der Waals surface area contributed by atoms with Crippen LogP contribution >= 0.6 is 34.4 Å². The lowest BCUT2D eigenvalue weighted by Gasteiger charge is -2.16. The zero-order valence-electron chi connectivity index (χ0n) is 16.6. The molecule has 0 radical (unpaired) electrons. The van der Waals surface area contributed by atoms with Gasteiger partial charge in [0.25, 0.3) is 0 Å². The number of thiophene rings is 1. The van der Waals surface area contributed by atoms with Crippen LogP contribution < -0.4 is 0 Å². The standard InChI is InChI=1S/C22H23N5S3/c1-2-6-17(7-3-1)12-27-20(13-26-9-4-5-10-26)24-25-22(27)30-16-19-15-29-21(23-19)18-8-11-28-14-18/h1-3,6-8,11,14-15H,4-5,9-10,12-13,16H2. The first-order chi connectivity index (χ1) is 14.8. The smallest absolute Gasteiger partial charge is 0.191 e. The van der Waals surface area contributed by atoms with Gasteiger partial charge in [-0.3, -0.25) is 4.90 Å². The van der Waals surface area contributed by atoms with Crippen molar-refractivity contribution in [1.82, 2.24) is 24.6 Å². The van der Waals surface area contributed by atoms with E-state index in [0.717, 1.165) is 53.6 Å². The molecular weight excluding hydrogens is 430 g/mol. The van der Waals surface area contributed by atoms with E-state index in [1.807, 2.05) is 0 Å². The van der Waals surface area contributed by atoms with Gasteiger partial charge in [0, 0.05) is 22.1 Å². The molecule has 0 bridgehead atoms. The minimum atomic E-state index is 0.802. The fourth-order valence-corrected chi connectivity index (χ4v) is 6.13. The monoisotopic (exact) mass is 453 g/mol. The molecular formula is C22H23N5S3. The van der Waals surface area contributed by atoms with E-state index in [9.17, 15) is 0 Å². The Labute approximate surface area is 188 Å². The second-order valence-corrected chi connectivity index (χ2v) is 9.98. The summed E-state index contributed by atoms with van der Waals surface area (Å²) in [6, 6.07) is 12.7. The lowest BCUT2D eigenvalue weighted by Crippen LogP contribution is -2.21. The lowest BCUT2D eigenvalue weighted by atomic mass is 10.2. The largest absolute Gasteiger partial charge is 0.300 e. The molecule has 3 aromatic heterocycles. The van der Waals surface area contributed by atoms with Gasteiger partial charge in [-0.05, 0) is 42.9 Å².